The van der Waals surface area contributed by atoms with Crippen LogP contribution < -0.4 is 5.32 Å². The number of alkyl halides is 1. The first-order valence-corrected chi connectivity index (χ1v) is 16.8. The average Bonchev–Trinajstić information content (AvgIpc) is 3.62. The minimum atomic E-state index is -1.23. The first kappa shape index (κ1) is 34.8. The fourth-order valence-electron chi connectivity index (χ4n) is 7.07. The molecule has 2 bridgehead atoms. The van der Waals surface area contributed by atoms with Gasteiger partial charge in [-0.05, 0) is 38.2 Å². The molecule has 2 N–H and O–H groups in total. The predicted octanol–water partition coefficient (Wildman–Crippen LogP) is 3.69. The summed E-state index contributed by atoms with van der Waals surface area (Å²) in [6.07, 6.45) is 4.93. The molecule has 8 atom stereocenters. The Morgan fingerprint density at radius 1 is 1.24 bits per heavy atom. The van der Waals surface area contributed by atoms with E-state index in [2.05, 4.69) is 34.4 Å². The molecule has 246 valence electrons. The summed E-state index contributed by atoms with van der Waals surface area (Å²) in [5, 5.41) is 12.6. The Morgan fingerprint density at radius 2 is 1.98 bits per heavy atom. The molecule has 1 aromatic carbocycles. The van der Waals surface area contributed by atoms with E-state index in [1.807, 2.05) is 37.3 Å². The number of halogens is 1. The number of aliphatic hydroxyl groups is 1. The second-order valence-corrected chi connectivity index (χ2v) is 13.3. The van der Waals surface area contributed by atoms with Crippen LogP contribution in [0.4, 0.5) is 0 Å². The molecule has 0 aliphatic carbocycles. The van der Waals surface area contributed by atoms with E-state index < -0.39 is 47.7 Å². The second-order valence-electron chi connectivity index (χ2n) is 12.2. The van der Waals surface area contributed by atoms with Gasteiger partial charge in [-0.15, -0.1) is 13.2 Å². The van der Waals surface area contributed by atoms with Crippen molar-refractivity contribution in [1.82, 2.24) is 15.1 Å². The van der Waals surface area contributed by atoms with E-state index in [0.29, 0.717) is 31.5 Å². The van der Waals surface area contributed by atoms with Crippen molar-refractivity contribution in [2.24, 2.45) is 11.8 Å². The summed E-state index contributed by atoms with van der Waals surface area (Å²) in [5.74, 6) is -3.30. The standard InChI is InChI=1S/C34H46BrN3O7/c1-5-8-16-25(40)36-22(4)28(23-14-11-10-12-15-23)44-33(43)26-27-31(41)38(19-13-20-39)30(34(27)21-24(35)29(26)45-34)32(42)37(17-7-3)18-9-6-2/h5,7,10-12,14-15,22,24,26-30,39H,1,3,6,8-9,13,16-21H2,2,4H3,(H,36,40)/t22-,24?,26+,27-,28-,29+,30+,34-/m1/s1. The number of amides is 3. The molecule has 0 saturated carbocycles. The van der Waals surface area contributed by atoms with Crippen molar-refractivity contribution in [1.29, 1.82) is 0 Å². The third-order valence-electron chi connectivity index (χ3n) is 9.08. The molecule has 3 aliphatic rings. The molecule has 1 aromatic rings. The number of carbonyl (C=O) groups is 4. The van der Waals surface area contributed by atoms with Crippen LogP contribution in [0, 0.1) is 11.8 Å². The number of esters is 1. The van der Waals surface area contributed by atoms with Crippen LogP contribution >= 0.6 is 15.9 Å². The lowest BCUT2D eigenvalue weighted by molar-refractivity contribution is -0.162. The Balaban J connectivity index is 1.67. The van der Waals surface area contributed by atoms with Crippen LogP contribution in [-0.2, 0) is 28.7 Å². The van der Waals surface area contributed by atoms with Crippen molar-refractivity contribution >= 4 is 39.6 Å². The molecule has 3 heterocycles. The van der Waals surface area contributed by atoms with Gasteiger partial charge in [0.25, 0.3) is 0 Å². The van der Waals surface area contributed by atoms with Crippen LogP contribution in [0.1, 0.15) is 64.0 Å². The van der Waals surface area contributed by atoms with E-state index >= 15 is 0 Å². The zero-order chi connectivity index (χ0) is 32.7. The fraction of sp³-hybridized carbons (Fsp3) is 0.588. The van der Waals surface area contributed by atoms with Gasteiger partial charge in [0.2, 0.25) is 17.7 Å². The molecule has 3 fully saturated rings. The van der Waals surface area contributed by atoms with E-state index in [9.17, 15) is 24.3 Å². The number of benzene rings is 1. The molecule has 11 heteroatoms. The highest BCUT2D eigenvalue weighted by atomic mass is 79.9. The zero-order valence-corrected chi connectivity index (χ0v) is 27.8. The van der Waals surface area contributed by atoms with E-state index in [-0.39, 0.29) is 48.5 Å². The van der Waals surface area contributed by atoms with Crippen LogP contribution in [0.25, 0.3) is 0 Å². The van der Waals surface area contributed by atoms with Gasteiger partial charge in [0.05, 0.1) is 24.0 Å². The number of allylic oxidation sites excluding steroid dienone is 1. The Hall–Kier alpha value is -3.02. The van der Waals surface area contributed by atoms with Gasteiger partial charge in [-0.2, -0.15) is 0 Å². The van der Waals surface area contributed by atoms with Crippen molar-refractivity contribution in [3.05, 3.63) is 61.2 Å². The number of rotatable bonds is 17. The van der Waals surface area contributed by atoms with Gasteiger partial charge >= 0.3 is 5.97 Å². The summed E-state index contributed by atoms with van der Waals surface area (Å²) >= 11 is 3.70. The second kappa shape index (κ2) is 15.5. The summed E-state index contributed by atoms with van der Waals surface area (Å²) in [7, 11) is 0. The smallest absolute Gasteiger partial charge is 0.313 e. The molecule has 1 unspecified atom stereocenters. The minimum absolute atomic E-state index is 0.153. The first-order valence-electron chi connectivity index (χ1n) is 15.9. The van der Waals surface area contributed by atoms with Gasteiger partial charge in [0.15, 0.2) is 0 Å². The largest absolute Gasteiger partial charge is 0.455 e. The van der Waals surface area contributed by atoms with Crippen LogP contribution in [-0.4, -0.2) is 93.5 Å². The molecular weight excluding hydrogens is 642 g/mol. The number of ether oxygens (including phenoxy) is 2. The van der Waals surface area contributed by atoms with Gasteiger partial charge in [-0.1, -0.05) is 71.8 Å². The highest BCUT2D eigenvalue weighted by Gasteiger charge is 2.77. The van der Waals surface area contributed by atoms with Gasteiger partial charge < -0.3 is 29.7 Å². The molecule has 3 saturated heterocycles. The maximum absolute atomic E-state index is 14.3. The van der Waals surface area contributed by atoms with Crippen LogP contribution in [0.15, 0.2) is 55.6 Å². The molecule has 10 nitrogen and oxygen atoms in total. The summed E-state index contributed by atoms with van der Waals surface area (Å²) < 4.78 is 12.8. The average molecular weight is 689 g/mol. The Morgan fingerprint density at radius 3 is 2.62 bits per heavy atom. The maximum atomic E-state index is 14.3. The number of likely N-dealkylation sites (tertiary alicyclic amines) is 1. The number of unbranched alkanes of at least 4 members (excludes halogenated alkanes) is 1. The molecular formula is C34H46BrN3O7. The van der Waals surface area contributed by atoms with Gasteiger partial charge in [-0.25, -0.2) is 0 Å². The van der Waals surface area contributed by atoms with Gasteiger partial charge in [-0.3, -0.25) is 19.2 Å². The number of hydrogen-bond donors (Lipinski definition) is 2. The lowest BCUT2D eigenvalue weighted by Gasteiger charge is -2.37. The number of nitrogens with one attached hydrogen (secondary N) is 1. The molecule has 4 rings (SSSR count). The first-order chi connectivity index (χ1) is 21.6. The van der Waals surface area contributed by atoms with Crippen molar-refractivity contribution in [2.75, 3.05) is 26.2 Å². The molecule has 3 amide bonds. The lowest BCUT2D eigenvalue weighted by Crippen LogP contribution is -2.57. The third kappa shape index (κ3) is 7.05. The molecule has 0 radical (unpaired) electrons. The van der Waals surface area contributed by atoms with Crippen LogP contribution in [0.5, 0.6) is 0 Å². The van der Waals surface area contributed by atoms with E-state index in [1.165, 1.54) is 4.90 Å². The number of fused-ring (bicyclic) bond motifs is 1. The third-order valence-corrected chi connectivity index (χ3v) is 9.93. The van der Waals surface area contributed by atoms with E-state index in [1.54, 1.807) is 24.0 Å². The lowest BCUT2D eigenvalue weighted by atomic mass is 9.70. The summed E-state index contributed by atoms with van der Waals surface area (Å²) in [4.78, 5) is 58.2. The van der Waals surface area contributed by atoms with E-state index in [0.717, 1.165) is 12.8 Å². The summed E-state index contributed by atoms with van der Waals surface area (Å²) in [6.45, 7) is 12.1. The number of nitrogens with zero attached hydrogens (tertiary/aromatic N) is 2. The zero-order valence-electron chi connectivity index (χ0n) is 26.2. The highest BCUT2D eigenvalue weighted by Crippen LogP contribution is 2.60. The Kier molecular flexibility index (Phi) is 12.0. The monoisotopic (exact) mass is 687 g/mol. The van der Waals surface area contributed by atoms with Gasteiger partial charge in [0.1, 0.15) is 17.7 Å². The predicted molar refractivity (Wildman–Crippen MR) is 173 cm³/mol. The number of aliphatic hydroxyl groups excluding tert-OH is 1. The maximum Gasteiger partial charge on any atom is 0.313 e. The molecule has 3 aliphatic heterocycles. The topological polar surface area (TPSA) is 125 Å². The van der Waals surface area contributed by atoms with Crippen molar-refractivity contribution < 1.29 is 33.8 Å². The molecule has 45 heavy (non-hydrogen) atoms. The normalized spacial score (nSPS) is 27.9. The summed E-state index contributed by atoms with van der Waals surface area (Å²) in [6, 6.07) is 7.65. The fourth-order valence-corrected chi connectivity index (χ4v) is 8.01. The molecule has 1 spiro atoms. The Bertz CT molecular complexity index is 1250. The van der Waals surface area contributed by atoms with Crippen LogP contribution in [0.2, 0.25) is 0 Å². The Labute approximate surface area is 274 Å². The summed E-state index contributed by atoms with van der Waals surface area (Å²) in [5.41, 5.74) is -0.534. The van der Waals surface area contributed by atoms with E-state index in [4.69, 9.17) is 9.47 Å². The molecule has 0 aromatic heterocycles. The van der Waals surface area contributed by atoms with Crippen molar-refractivity contribution in [3.8, 4) is 0 Å². The van der Waals surface area contributed by atoms with Crippen molar-refractivity contribution in [3.63, 3.8) is 0 Å². The van der Waals surface area contributed by atoms with Crippen LogP contribution in [0.3, 0.4) is 0 Å². The van der Waals surface area contributed by atoms with Gasteiger partial charge in [0, 0.05) is 37.5 Å². The minimum Gasteiger partial charge on any atom is -0.455 e. The van der Waals surface area contributed by atoms with Crippen molar-refractivity contribution in [2.45, 2.75) is 87.1 Å². The SMILES string of the molecule is C=CCCC(=O)N[C@H](C)[C@@H](OC(=O)[C@@H]1[C@H]2O[C@@]3(CC2Br)[C@H](C(=O)N(CC=C)CCCC)N(CCCO)C(=O)[C@@H]13)c1ccccc1. The highest BCUT2D eigenvalue weighted by molar-refractivity contribution is 9.09. The quantitative estimate of drug-likeness (QED) is 0.145. The number of carbonyl (C=O) groups excluding carboxylic acids is 4. The number of hydrogen-bond acceptors (Lipinski definition) is 7.